The van der Waals surface area contributed by atoms with Crippen LogP contribution in [0.15, 0.2) is 27.0 Å². The smallest absolute Gasteiger partial charge is 0.258 e. The SMILES string of the molecule is Cc1nsc(SCc2ccc(Br)c([N+](=O)[O-])c2)n1. The average Bonchev–Trinajstić information content (AvgIpc) is 2.74. The van der Waals surface area contributed by atoms with Crippen molar-refractivity contribution in [2.45, 2.75) is 17.0 Å². The number of aryl methyl sites for hydroxylation is 1. The van der Waals surface area contributed by atoms with Gasteiger partial charge in [0.15, 0.2) is 4.34 Å². The monoisotopic (exact) mass is 345 g/mol. The Morgan fingerprint density at radius 2 is 2.33 bits per heavy atom. The fourth-order valence-corrected chi connectivity index (χ4v) is 3.25. The summed E-state index contributed by atoms with van der Waals surface area (Å²) >= 11 is 6.03. The van der Waals surface area contributed by atoms with Crippen LogP contribution in [0.1, 0.15) is 11.4 Å². The Hall–Kier alpha value is -0.990. The summed E-state index contributed by atoms with van der Waals surface area (Å²) in [5.41, 5.74) is 0.976. The fourth-order valence-electron chi connectivity index (χ4n) is 1.27. The summed E-state index contributed by atoms with van der Waals surface area (Å²) in [6.07, 6.45) is 0. The number of rotatable bonds is 4. The van der Waals surface area contributed by atoms with E-state index >= 15 is 0 Å². The normalized spacial score (nSPS) is 10.6. The molecule has 0 radical (unpaired) electrons. The molecule has 0 N–H and O–H groups in total. The first kappa shape index (κ1) is 13.4. The number of nitrogens with zero attached hydrogens (tertiary/aromatic N) is 3. The number of nitro groups is 1. The van der Waals surface area contributed by atoms with E-state index in [-0.39, 0.29) is 5.69 Å². The number of aromatic nitrogens is 2. The van der Waals surface area contributed by atoms with E-state index in [0.29, 0.717) is 10.2 Å². The van der Waals surface area contributed by atoms with Gasteiger partial charge in [0.25, 0.3) is 5.69 Å². The molecule has 8 heteroatoms. The topological polar surface area (TPSA) is 68.9 Å². The van der Waals surface area contributed by atoms with Gasteiger partial charge in [0, 0.05) is 11.8 Å². The summed E-state index contributed by atoms with van der Waals surface area (Å²) in [4.78, 5) is 14.6. The molecule has 0 amide bonds. The highest BCUT2D eigenvalue weighted by atomic mass is 79.9. The van der Waals surface area contributed by atoms with Gasteiger partial charge in [-0.3, -0.25) is 10.1 Å². The molecule has 0 bridgehead atoms. The molecule has 0 spiro atoms. The van der Waals surface area contributed by atoms with Crippen LogP contribution < -0.4 is 0 Å². The summed E-state index contributed by atoms with van der Waals surface area (Å²) in [5.74, 6) is 1.40. The van der Waals surface area contributed by atoms with Crippen molar-refractivity contribution in [2.24, 2.45) is 0 Å². The quantitative estimate of drug-likeness (QED) is 0.478. The number of halogens is 1. The second-order valence-corrected chi connectivity index (χ2v) is 6.27. The zero-order valence-corrected chi connectivity index (χ0v) is 12.5. The molecule has 1 aromatic heterocycles. The molecule has 0 fully saturated rings. The fraction of sp³-hybridized carbons (Fsp3) is 0.200. The van der Waals surface area contributed by atoms with Crippen LogP contribution in [0.4, 0.5) is 5.69 Å². The van der Waals surface area contributed by atoms with Gasteiger partial charge < -0.3 is 0 Å². The number of hydrogen-bond acceptors (Lipinski definition) is 6. The first-order chi connectivity index (χ1) is 8.56. The van der Waals surface area contributed by atoms with Crippen LogP contribution in [0.25, 0.3) is 0 Å². The highest BCUT2D eigenvalue weighted by molar-refractivity contribution is 9.10. The summed E-state index contributed by atoms with van der Waals surface area (Å²) in [6.45, 7) is 1.84. The van der Waals surface area contributed by atoms with E-state index in [4.69, 9.17) is 0 Å². The number of nitro benzene ring substituents is 1. The Labute approximate surface area is 120 Å². The van der Waals surface area contributed by atoms with Gasteiger partial charge >= 0.3 is 0 Å². The molecule has 18 heavy (non-hydrogen) atoms. The first-order valence-corrected chi connectivity index (χ1v) is 7.47. The lowest BCUT2D eigenvalue weighted by molar-refractivity contribution is -0.385. The molecule has 0 aliphatic rings. The van der Waals surface area contributed by atoms with Crippen LogP contribution in [0, 0.1) is 17.0 Å². The molecule has 94 valence electrons. The van der Waals surface area contributed by atoms with E-state index in [0.717, 1.165) is 15.7 Å². The van der Waals surface area contributed by atoms with Crippen molar-refractivity contribution in [3.8, 4) is 0 Å². The van der Waals surface area contributed by atoms with Crippen molar-refractivity contribution in [3.05, 3.63) is 44.2 Å². The number of thioether (sulfide) groups is 1. The average molecular weight is 346 g/mol. The standard InChI is InChI=1S/C10H8BrN3O2S2/c1-6-12-10(18-13-6)17-5-7-2-3-8(11)9(4-7)14(15)16/h2-4H,5H2,1H3. The number of hydrogen-bond donors (Lipinski definition) is 0. The lowest BCUT2D eigenvalue weighted by Gasteiger charge is -2.00. The maximum absolute atomic E-state index is 10.8. The minimum absolute atomic E-state index is 0.0848. The minimum Gasteiger partial charge on any atom is -0.258 e. The third-order valence-electron chi connectivity index (χ3n) is 2.08. The lowest BCUT2D eigenvalue weighted by Crippen LogP contribution is -1.91. The Balaban J connectivity index is 2.10. The van der Waals surface area contributed by atoms with Gasteiger partial charge in [-0.25, -0.2) is 4.98 Å². The zero-order valence-electron chi connectivity index (χ0n) is 9.29. The molecule has 2 rings (SSSR count). The van der Waals surface area contributed by atoms with Crippen LogP contribution in [-0.2, 0) is 5.75 Å². The Morgan fingerprint density at radius 3 is 2.94 bits per heavy atom. The van der Waals surface area contributed by atoms with Crippen LogP contribution in [0.5, 0.6) is 0 Å². The van der Waals surface area contributed by atoms with Gasteiger partial charge in [-0.2, -0.15) is 4.37 Å². The van der Waals surface area contributed by atoms with Crippen LogP contribution in [-0.4, -0.2) is 14.3 Å². The van der Waals surface area contributed by atoms with Gasteiger partial charge in [0.2, 0.25) is 0 Å². The molecule has 0 aliphatic carbocycles. The van der Waals surface area contributed by atoms with Gasteiger partial charge in [-0.1, -0.05) is 17.8 Å². The van der Waals surface area contributed by atoms with Gasteiger partial charge in [0.1, 0.15) is 5.82 Å². The second-order valence-electron chi connectivity index (χ2n) is 3.44. The zero-order chi connectivity index (χ0) is 13.1. The second kappa shape index (κ2) is 5.77. The van der Waals surface area contributed by atoms with E-state index in [1.165, 1.54) is 23.3 Å². The molecule has 2 aromatic rings. The first-order valence-electron chi connectivity index (χ1n) is 4.92. The van der Waals surface area contributed by atoms with Crippen molar-refractivity contribution in [3.63, 3.8) is 0 Å². The van der Waals surface area contributed by atoms with Crippen molar-refractivity contribution in [2.75, 3.05) is 0 Å². The van der Waals surface area contributed by atoms with Gasteiger partial charge in [-0.15, -0.1) is 0 Å². The lowest BCUT2D eigenvalue weighted by atomic mass is 10.2. The number of benzene rings is 1. The summed E-state index contributed by atoms with van der Waals surface area (Å²) in [5, 5.41) is 10.8. The molecule has 0 saturated carbocycles. The molecule has 0 aliphatic heterocycles. The van der Waals surface area contributed by atoms with E-state index in [1.54, 1.807) is 12.1 Å². The van der Waals surface area contributed by atoms with E-state index in [9.17, 15) is 10.1 Å². The van der Waals surface area contributed by atoms with Crippen molar-refractivity contribution < 1.29 is 4.92 Å². The van der Waals surface area contributed by atoms with E-state index < -0.39 is 4.92 Å². The van der Waals surface area contributed by atoms with Gasteiger partial charge in [0.05, 0.1) is 9.40 Å². The third kappa shape index (κ3) is 3.27. The largest absolute Gasteiger partial charge is 0.283 e. The predicted molar refractivity (Wildman–Crippen MR) is 75.0 cm³/mol. The third-order valence-corrected chi connectivity index (χ3v) is 4.75. The van der Waals surface area contributed by atoms with Crippen LogP contribution >= 0.6 is 39.2 Å². The molecule has 0 atom stereocenters. The van der Waals surface area contributed by atoms with Crippen molar-refractivity contribution in [1.82, 2.24) is 9.36 Å². The summed E-state index contributed by atoms with van der Waals surface area (Å²) in [6, 6.07) is 5.13. The van der Waals surface area contributed by atoms with Gasteiger partial charge in [-0.05, 0) is 46.0 Å². The molecule has 1 aromatic carbocycles. The molecule has 1 heterocycles. The Kier molecular flexibility index (Phi) is 4.31. The minimum atomic E-state index is -0.395. The van der Waals surface area contributed by atoms with Crippen molar-refractivity contribution >= 4 is 44.9 Å². The highest BCUT2D eigenvalue weighted by Gasteiger charge is 2.12. The molecular weight excluding hydrogens is 338 g/mol. The molecule has 0 saturated heterocycles. The van der Waals surface area contributed by atoms with Crippen molar-refractivity contribution in [1.29, 1.82) is 0 Å². The Bertz CT molecular complexity index is 588. The van der Waals surface area contributed by atoms with E-state index in [2.05, 4.69) is 25.3 Å². The summed E-state index contributed by atoms with van der Waals surface area (Å²) < 4.78 is 5.45. The van der Waals surface area contributed by atoms with Crippen LogP contribution in [0.3, 0.4) is 0 Å². The summed E-state index contributed by atoms with van der Waals surface area (Å²) in [7, 11) is 0. The molecule has 5 nitrogen and oxygen atoms in total. The maximum atomic E-state index is 10.8. The van der Waals surface area contributed by atoms with Crippen LogP contribution in [0.2, 0.25) is 0 Å². The molecular formula is C10H8BrN3O2S2. The highest BCUT2D eigenvalue weighted by Crippen LogP contribution is 2.29. The predicted octanol–water partition coefficient (Wildman–Crippen LogP) is 3.81. The molecule has 0 unspecified atom stereocenters. The Morgan fingerprint density at radius 1 is 1.56 bits per heavy atom. The maximum Gasteiger partial charge on any atom is 0.283 e. The van der Waals surface area contributed by atoms with E-state index in [1.807, 2.05) is 13.0 Å².